The Morgan fingerprint density at radius 3 is 2.83 bits per heavy atom. The Morgan fingerprint density at radius 2 is 2.67 bits per heavy atom. The summed E-state index contributed by atoms with van der Waals surface area (Å²) in [5.74, 6) is 0. The molecule has 0 aliphatic rings. The Bertz CT molecular complexity index is 112. The third kappa shape index (κ3) is 0.797. The number of nitrogens with one attached hydrogen (secondary N) is 1. The standard InChI is InChI=1S/C3H3N2.Pb/c1-2-4-5-3-1;/h1-2H,(H,4,5);. The van der Waals surface area contributed by atoms with Crippen LogP contribution in [0, 0.1) is 0 Å². The van der Waals surface area contributed by atoms with E-state index in [1.807, 2.05) is 6.07 Å². The molecule has 0 spiro atoms. The van der Waals surface area contributed by atoms with Crippen LogP contribution >= 0.6 is 0 Å². The first-order chi connectivity index (χ1) is 2.89. The van der Waals surface area contributed by atoms with E-state index < -0.39 is 0 Å². The van der Waals surface area contributed by atoms with Gasteiger partial charge in [-0.05, 0) is 0 Å². The third-order valence-electron chi connectivity index (χ3n) is 0.501. The van der Waals surface area contributed by atoms with Gasteiger partial charge >= 0.3 is 51.5 Å². The molecule has 3 radical (unpaired) electrons. The Morgan fingerprint density at radius 1 is 1.83 bits per heavy atom. The van der Waals surface area contributed by atoms with Crippen molar-refractivity contribution in [2.45, 2.75) is 0 Å². The first-order valence-corrected chi connectivity index (χ1v) is 3.55. The van der Waals surface area contributed by atoms with Crippen LogP contribution in [0.2, 0.25) is 0 Å². The van der Waals surface area contributed by atoms with Crippen LogP contribution in [-0.2, 0) is 0 Å². The van der Waals surface area contributed by atoms with Crippen molar-refractivity contribution in [3.05, 3.63) is 12.3 Å². The molecule has 1 aromatic heterocycles. The zero-order chi connectivity index (χ0) is 4.41. The van der Waals surface area contributed by atoms with Gasteiger partial charge in [-0.1, -0.05) is 0 Å². The Hall–Kier alpha value is 0.132. The molecule has 0 atom stereocenters. The second kappa shape index (κ2) is 1.72. The summed E-state index contributed by atoms with van der Waals surface area (Å²) in [6, 6.07) is 1.98. The van der Waals surface area contributed by atoms with Gasteiger partial charge < -0.3 is 0 Å². The Balaban J connectivity index is 3.05. The fraction of sp³-hybridized carbons (Fsp3) is 0. The predicted octanol–water partition coefficient (Wildman–Crippen LogP) is -0.797. The fourth-order valence-electron chi connectivity index (χ4n) is 0.256. The van der Waals surface area contributed by atoms with E-state index in [0.29, 0.717) is 0 Å². The zero-order valence-corrected chi connectivity index (χ0v) is 6.99. The summed E-state index contributed by atoms with van der Waals surface area (Å²) < 4.78 is 1.25. The molecule has 1 heterocycles. The van der Waals surface area contributed by atoms with E-state index in [0.717, 1.165) is 25.8 Å². The van der Waals surface area contributed by atoms with Crippen molar-refractivity contribution in [2.75, 3.05) is 0 Å². The molecule has 0 saturated heterocycles. The molecule has 1 rings (SSSR count). The number of aromatic nitrogens is 2. The first kappa shape index (κ1) is 4.30. The molecule has 0 saturated carbocycles. The van der Waals surface area contributed by atoms with Crippen LogP contribution in [0.4, 0.5) is 0 Å². The summed E-state index contributed by atoms with van der Waals surface area (Å²) >= 11 is 1.08. The minimum atomic E-state index is 1.08. The molecule has 29 valence electrons. The molecule has 0 amide bonds. The van der Waals surface area contributed by atoms with Crippen LogP contribution in [0.1, 0.15) is 0 Å². The first-order valence-electron chi connectivity index (χ1n) is 1.60. The van der Waals surface area contributed by atoms with Gasteiger partial charge in [-0.15, -0.1) is 0 Å². The summed E-state index contributed by atoms with van der Waals surface area (Å²) in [4.78, 5) is 0. The predicted molar refractivity (Wildman–Crippen MR) is 24.0 cm³/mol. The van der Waals surface area contributed by atoms with E-state index in [1.54, 1.807) is 6.20 Å². The molecule has 0 fully saturated rings. The summed E-state index contributed by atoms with van der Waals surface area (Å²) in [5, 5.41) is 6.54. The number of hydrogen-bond donors (Lipinski definition) is 1. The fourth-order valence-corrected chi connectivity index (χ4v) is 0.797. The van der Waals surface area contributed by atoms with Crippen LogP contribution in [0.5, 0.6) is 0 Å². The number of aromatic amines is 1. The van der Waals surface area contributed by atoms with Gasteiger partial charge in [-0.25, -0.2) is 0 Å². The molecular formula is C3H3N2Pb. The normalized spacial score (nSPS) is 8.83. The molecule has 1 N–H and O–H groups in total. The van der Waals surface area contributed by atoms with E-state index in [9.17, 15) is 0 Å². The van der Waals surface area contributed by atoms with Gasteiger partial charge in [-0.3, -0.25) is 0 Å². The van der Waals surface area contributed by atoms with Gasteiger partial charge in [0.05, 0.1) is 0 Å². The van der Waals surface area contributed by atoms with Gasteiger partial charge in [-0.2, -0.15) is 0 Å². The SMILES string of the molecule is [Pb][c]1ccn[nH]1. The van der Waals surface area contributed by atoms with Gasteiger partial charge in [0.15, 0.2) is 0 Å². The minimum absolute atomic E-state index is 1.08. The third-order valence-corrected chi connectivity index (χ3v) is 1.58. The van der Waals surface area contributed by atoms with E-state index >= 15 is 0 Å². The molecule has 0 bridgehead atoms. The summed E-state index contributed by atoms with van der Waals surface area (Å²) in [6.45, 7) is 0. The molecule has 0 aliphatic heterocycles. The number of rotatable bonds is 0. The van der Waals surface area contributed by atoms with E-state index in [-0.39, 0.29) is 0 Å². The van der Waals surface area contributed by atoms with Crippen molar-refractivity contribution >= 4 is 29.0 Å². The molecule has 0 unspecified atom stereocenters. The van der Waals surface area contributed by atoms with Crippen molar-refractivity contribution in [3.8, 4) is 0 Å². The molecule has 3 heteroatoms. The van der Waals surface area contributed by atoms with Gasteiger partial charge in [0.2, 0.25) is 0 Å². The summed E-state index contributed by atoms with van der Waals surface area (Å²) in [6.07, 6.45) is 1.77. The van der Waals surface area contributed by atoms with Gasteiger partial charge in [0.25, 0.3) is 0 Å². The van der Waals surface area contributed by atoms with E-state index in [2.05, 4.69) is 10.2 Å². The van der Waals surface area contributed by atoms with Crippen LogP contribution in [0.15, 0.2) is 12.3 Å². The van der Waals surface area contributed by atoms with Crippen molar-refractivity contribution < 1.29 is 0 Å². The van der Waals surface area contributed by atoms with Crippen LogP contribution in [0.3, 0.4) is 0 Å². The van der Waals surface area contributed by atoms with Crippen LogP contribution < -0.4 is 3.25 Å². The van der Waals surface area contributed by atoms with Crippen molar-refractivity contribution in [1.82, 2.24) is 10.2 Å². The molecule has 0 aliphatic carbocycles. The maximum absolute atomic E-state index is 3.73. The molecular weight excluding hydrogens is 271 g/mol. The summed E-state index contributed by atoms with van der Waals surface area (Å²) in [7, 11) is 0. The van der Waals surface area contributed by atoms with Gasteiger partial charge in [0.1, 0.15) is 0 Å². The molecule has 2 nitrogen and oxygen atoms in total. The van der Waals surface area contributed by atoms with Crippen LogP contribution in [0.25, 0.3) is 0 Å². The number of H-pyrrole nitrogens is 1. The topological polar surface area (TPSA) is 28.7 Å². The summed E-state index contributed by atoms with van der Waals surface area (Å²) in [5.41, 5.74) is 0. The maximum atomic E-state index is 3.73. The molecule has 6 heavy (non-hydrogen) atoms. The van der Waals surface area contributed by atoms with E-state index in [1.165, 1.54) is 3.25 Å². The quantitative estimate of drug-likeness (QED) is 0.617. The zero-order valence-electron chi connectivity index (χ0n) is 3.10. The second-order valence-corrected chi connectivity index (χ2v) is 3.06. The molecule has 1 aromatic rings. The Labute approximate surface area is 51.6 Å². The van der Waals surface area contributed by atoms with Crippen LogP contribution in [-0.4, -0.2) is 36.0 Å². The monoisotopic (exact) mass is 275 g/mol. The van der Waals surface area contributed by atoms with Crippen molar-refractivity contribution in [3.63, 3.8) is 0 Å². The second-order valence-electron chi connectivity index (χ2n) is 0.970. The van der Waals surface area contributed by atoms with Crippen molar-refractivity contribution in [1.29, 1.82) is 0 Å². The van der Waals surface area contributed by atoms with Gasteiger partial charge in [0, 0.05) is 0 Å². The van der Waals surface area contributed by atoms with E-state index in [4.69, 9.17) is 0 Å². The average Bonchev–Trinajstić information content (AvgIpc) is 1.86. The number of nitrogens with zero attached hydrogens (tertiary/aromatic N) is 1. The molecule has 0 aromatic carbocycles. The Kier molecular flexibility index (Phi) is 1.23. The average molecular weight is 274 g/mol. The van der Waals surface area contributed by atoms with Crippen molar-refractivity contribution in [2.24, 2.45) is 0 Å². The number of hydrogen-bond acceptors (Lipinski definition) is 1.